The molecule has 0 aliphatic heterocycles. The number of hydrogen-bond acceptors (Lipinski definition) is 4. The lowest BCUT2D eigenvalue weighted by Crippen LogP contribution is -2.35. The number of carbonyl (C=O) groups excluding carboxylic acids is 2. The Hall–Kier alpha value is -3.10. The molecular weight excluding hydrogens is 377 g/mol. The van der Waals surface area contributed by atoms with Gasteiger partial charge in [0, 0.05) is 12.3 Å². The van der Waals surface area contributed by atoms with Gasteiger partial charge in [0.15, 0.2) is 0 Å². The average Bonchev–Trinajstić information content (AvgIpc) is 2.62. The maximum absolute atomic E-state index is 12.8. The Balaban J connectivity index is 2.20. The van der Waals surface area contributed by atoms with Crippen molar-refractivity contribution in [1.29, 1.82) is 0 Å². The van der Waals surface area contributed by atoms with E-state index in [0.717, 1.165) is 11.6 Å². The summed E-state index contributed by atoms with van der Waals surface area (Å²) in [7, 11) is 1.21. The van der Waals surface area contributed by atoms with Crippen LogP contribution in [0.5, 0.6) is 0 Å². The summed E-state index contributed by atoms with van der Waals surface area (Å²) in [5.41, 5.74) is -0.185. The molecule has 1 aromatic carbocycles. The Bertz CT molecular complexity index is 905. The van der Waals surface area contributed by atoms with Gasteiger partial charge < -0.3 is 14.6 Å². The van der Waals surface area contributed by atoms with Gasteiger partial charge in [-0.1, -0.05) is 29.8 Å². The van der Waals surface area contributed by atoms with E-state index in [1.54, 1.807) is 24.3 Å². The fraction of sp³-hybridized carbons (Fsp3) is 0.316. The molecule has 0 spiro atoms. The van der Waals surface area contributed by atoms with E-state index < -0.39 is 41.8 Å². The number of pyridine rings is 1. The first-order chi connectivity index (χ1) is 13.1. The number of methoxy groups -OCH3 is 1. The molecule has 0 fully saturated rings. The van der Waals surface area contributed by atoms with Crippen LogP contribution in [0.4, 0.5) is 13.2 Å². The molecule has 1 unspecified atom stereocenters. The van der Waals surface area contributed by atoms with Crippen molar-refractivity contribution < 1.29 is 27.5 Å². The van der Waals surface area contributed by atoms with Gasteiger partial charge in [0.2, 0.25) is 5.91 Å². The largest absolute Gasteiger partial charge is 0.469 e. The number of halogens is 3. The lowest BCUT2D eigenvalue weighted by Gasteiger charge is -2.19. The zero-order chi connectivity index (χ0) is 20.9. The normalized spacial score (nSPS) is 12.3. The maximum atomic E-state index is 12.8. The van der Waals surface area contributed by atoms with Crippen LogP contribution in [-0.2, 0) is 27.0 Å². The molecule has 28 heavy (non-hydrogen) atoms. The van der Waals surface area contributed by atoms with Crippen LogP contribution >= 0.6 is 0 Å². The summed E-state index contributed by atoms with van der Waals surface area (Å²) in [6.45, 7) is 1.25. The van der Waals surface area contributed by atoms with Gasteiger partial charge in [0.05, 0.1) is 25.1 Å². The van der Waals surface area contributed by atoms with Gasteiger partial charge in [-0.05, 0) is 18.6 Å². The Kier molecular flexibility index (Phi) is 6.61. The summed E-state index contributed by atoms with van der Waals surface area (Å²) < 4.78 is 43.7. The topological polar surface area (TPSA) is 77.4 Å². The van der Waals surface area contributed by atoms with Gasteiger partial charge in [-0.2, -0.15) is 13.2 Å². The predicted octanol–water partition coefficient (Wildman–Crippen LogP) is 2.60. The van der Waals surface area contributed by atoms with Crippen molar-refractivity contribution in [3.05, 3.63) is 69.6 Å². The second kappa shape index (κ2) is 8.73. The minimum absolute atomic E-state index is 0.164. The van der Waals surface area contributed by atoms with E-state index in [4.69, 9.17) is 0 Å². The molecule has 0 bridgehead atoms. The van der Waals surface area contributed by atoms with Crippen molar-refractivity contribution in [3.63, 3.8) is 0 Å². The molecule has 150 valence electrons. The Morgan fingerprint density at radius 2 is 1.79 bits per heavy atom. The maximum Gasteiger partial charge on any atom is 0.417 e. The third-order valence-corrected chi connectivity index (χ3v) is 4.04. The summed E-state index contributed by atoms with van der Waals surface area (Å²) >= 11 is 0. The van der Waals surface area contributed by atoms with Crippen LogP contribution in [0.2, 0.25) is 0 Å². The van der Waals surface area contributed by atoms with Crippen molar-refractivity contribution in [2.75, 3.05) is 7.11 Å². The van der Waals surface area contributed by atoms with Crippen molar-refractivity contribution in [2.45, 2.75) is 32.1 Å². The molecule has 2 aromatic rings. The first-order valence-corrected chi connectivity index (χ1v) is 8.30. The molecule has 0 aliphatic rings. The smallest absolute Gasteiger partial charge is 0.417 e. The van der Waals surface area contributed by atoms with Gasteiger partial charge in [-0.25, -0.2) is 0 Å². The highest BCUT2D eigenvalue weighted by Crippen LogP contribution is 2.28. The monoisotopic (exact) mass is 396 g/mol. The summed E-state index contributed by atoms with van der Waals surface area (Å²) in [6, 6.07) is 7.69. The fourth-order valence-corrected chi connectivity index (χ4v) is 2.52. The number of amides is 1. The van der Waals surface area contributed by atoms with Crippen LogP contribution in [0.1, 0.15) is 29.2 Å². The summed E-state index contributed by atoms with van der Waals surface area (Å²) in [5, 5.41) is 2.57. The molecule has 0 saturated heterocycles. The SMILES string of the molecule is COC(=O)CC(NC(=O)Cn1cc(C(F)(F)F)ccc1=O)c1ccc(C)cc1. The quantitative estimate of drug-likeness (QED) is 0.762. The second-order valence-corrected chi connectivity index (χ2v) is 6.19. The molecule has 1 heterocycles. The summed E-state index contributed by atoms with van der Waals surface area (Å²) in [6.07, 6.45) is -4.22. The van der Waals surface area contributed by atoms with E-state index in [2.05, 4.69) is 10.1 Å². The van der Waals surface area contributed by atoms with Gasteiger partial charge in [0.1, 0.15) is 6.54 Å². The molecular formula is C19H19F3N2O4. The fourth-order valence-electron chi connectivity index (χ4n) is 2.52. The zero-order valence-corrected chi connectivity index (χ0v) is 15.2. The van der Waals surface area contributed by atoms with Gasteiger partial charge in [-0.15, -0.1) is 0 Å². The molecule has 9 heteroatoms. The van der Waals surface area contributed by atoms with Gasteiger partial charge in [-0.3, -0.25) is 14.4 Å². The van der Waals surface area contributed by atoms with Crippen molar-refractivity contribution in [1.82, 2.24) is 9.88 Å². The van der Waals surface area contributed by atoms with E-state index in [0.29, 0.717) is 22.4 Å². The number of aromatic nitrogens is 1. The Labute approximate surface area is 158 Å². The van der Waals surface area contributed by atoms with Gasteiger partial charge >= 0.3 is 12.1 Å². The van der Waals surface area contributed by atoms with E-state index in [1.165, 1.54) is 7.11 Å². The van der Waals surface area contributed by atoms with E-state index in [9.17, 15) is 27.6 Å². The number of ether oxygens (including phenoxy) is 1. The molecule has 1 amide bonds. The highest BCUT2D eigenvalue weighted by atomic mass is 19.4. The molecule has 0 aliphatic carbocycles. The predicted molar refractivity (Wildman–Crippen MR) is 94.4 cm³/mol. The minimum atomic E-state index is -4.64. The third kappa shape index (κ3) is 5.70. The van der Waals surface area contributed by atoms with Crippen molar-refractivity contribution in [2.24, 2.45) is 0 Å². The number of nitrogens with zero attached hydrogens (tertiary/aromatic N) is 1. The number of alkyl halides is 3. The first-order valence-electron chi connectivity index (χ1n) is 8.30. The van der Waals surface area contributed by atoms with Crippen LogP contribution in [-0.4, -0.2) is 23.6 Å². The molecule has 0 radical (unpaired) electrons. The van der Waals surface area contributed by atoms with Crippen LogP contribution in [0.15, 0.2) is 47.4 Å². The standard InChI is InChI=1S/C19H19F3N2O4/c1-12-3-5-13(6-4-12)15(9-18(27)28-2)23-16(25)11-24-10-14(19(20,21)22)7-8-17(24)26/h3-8,10,15H,9,11H2,1-2H3,(H,23,25). The molecule has 0 saturated carbocycles. The van der Waals surface area contributed by atoms with Crippen LogP contribution in [0.25, 0.3) is 0 Å². The number of nitrogens with one attached hydrogen (secondary N) is 1. The second-order valence-electron chi connectivity index (χ2n) is 6.19. The van der Waals surface area contributed by atoms with Crippen LogP contribution in [0, 0.1) is 6.92 Å². The molecule has 6 nitrogen and oxygen atoms in total. The van der Waals surface area contributed by atoms with E-state index in [1.807, 2.05) is 6.92 Å². The van der Waals surface area contributed by atoms with Crippen molar-refractivity contribution in [3.8, 4) is 0 Å². The highest BCUT2D eigenvalue weighted by Gasteiger charge is 2.31. The number of rotatable bonds is 6. The number of carbonyl (C=O) groups is 2. The summed E-state index contributed by atoms with van der Waals surface area (Å²) in [5.74, 6) is -1.28. The minimum Gasteiger partial charge on any atom is -0.469 e. The molecule has 1 aromatic heterocycles. The number of hydrogen-bond donors (Lipinski definition) is 1. The third-order valence-electron chi connectivity index (χ3n) is 4.04. The number of benzene rings is 1. The Morgan fingerprint density at radius 1 is 1.14 bits per heavy atom. The van der Waals surface area contributed by atoms with E-state index >= 15 is 0 Å². The summed E-state index contributed by atoms with van der Waals surface area (Å²) in [4.78, 5) is 35.8. The average molecular weight is 396 g/mol. The number of aryl methyl sites for hydroxylation is 1. The lowest BCUT2D eigenvalue weighted by molar-refractivity contribution is -0.141. The molecule has 1 atom stereocenters. The lowest BCUT2D eigenvalue weighted by atomic mass is 10.0. The zero-order valence-electron chi connectivity index (χ0n) is 15.2. The number of esters is 1. The van der Waals surface area contributed by atoms with Crippen LogP contribution in [0.3, 0.4) is 0 Å². The van der Waals surface area contributed by atoms with Crippen LogP contribution < -0.4 is 10.9 Å². The highest BCUT2D eigenvalue weighted by molar-refractivity contribution is 5.78. The molecule has 1 N–H and O–H groups in total. The van der Waals surface area contributed by atoms with E-state index in [-0.39, 0.29) is 6.42 Å². The van der Waals surface area contributed by atoms with Gasteiger partial charge in [0.25, 0.3) is 5.56 Å². The first kappa shape index (κ1) is 21.2. The Morgan fingerprint density at radius 3 is 2.36 bits per heavy atom. The van der Waals surface area contributed by atoms with Crippen molar-refractivity contribution >= 4 is 11.9 Å². The molecule has 2 rings (SSSR count).